The molecule has 0 radical (unpaired) electrons. The van der Waals surface area contributed by atoms with Crippen LogP contribution in [-0.2, 0) is 12.0 Å². The molecule has 0 heterocycles. The van der Waals surface area contributed by atoms with E-state index in [1.54, 1.807) is 0 Å². The minimum atomic E-state index is -0.959. The summed E-state index contributed by atoms with van der Waals surface area (Å²) >= 11 is 3.42. The molecule has 0 spiro atoms. The molecule has 1 unspecified atom stereocenters. The third-order valence-electron chi connectivity index (χ3n) is 3.23. The number of hydrogen-bond donors (Lipinski definition) is 1. The van der Waals surface area contributed by atoms with Gasteiger partial charge < -0.3 is 9.84 Å². The van der Waals surface area contributed by atoms with Crippen molar-refractivity contribution in [2.45, 2.75) is 25.9 Å². The van der Waals surface area contributed by atoms with Crippen LogP contribution in [0.15, 0.2) is 53.0 Å². The molecule has 0 fully saturated rings. The SMILES string of the molecule is CCOc1ccccc1C(C)(O)Cc1ccc(Br)cc1. The minimum absolute atomic E-state index is 0.546. The molecule has 2 aromatic carbocycles. The molecule has 1 N–H and O–H groups in total. The molecular formula is C17H19BrO2. The molecule has 1 atom stereocenters. The van der Waals surface area contributed by atoms with Crippen LogP contribution in [-0.4, -0.2) is 11.7 Å². The average molecular weight is 335 g/mol. The summed E-state index contributed by atoms with van der Waals surface area (Å²) in [5.41, 5.74) is 0.953. The van der Waals surface area contributed by atoms with Gasteiger partial charge in [0.15, 0.2) is 0 Å². The second-order valence-corrected chi connectivity index (χ2v) is 5.92. The van der Waals surface area contributed by atoms with Crippen molar-refractivity contribution < 1.29 is 9.84 Å². The fraction of sp³-hybridized carbons (Fsp3) is 0.294. The lowest BCUT2D eigenvalue weighted by atomic mass is 9.88. The Labute approximate surface area is 128 Å². The van der Waals surface area contributed by atoms with E-state index in [4.69, 9.17) is 4.74 Å². The van der Waals surface area contributed by atoms with Crippen molar-refractivity contribution in [2.24, 2.45) is 0 Å². The predicted octanol–water partition coefficient (Wildman–Crippen LogP) is 4.30. The summed E-state index contributed by atoms with van der Waals surface area (Å²) in [7, 11) is 0. The number of benzene rings is 2. The van der Waals surface area contributed by atoms with Gasteiger partial charge in [0.1, 0.15) is 5.75 Å². The van der Waals surface area contributed by atoms with Crippen LogP contribution in [0.1, 0.15) is 25.0 Å². The minimum Gasteiger partial charge on any atom is -0.493 e. The van der Waals surface area contributed by atoms with Gasteiger partial charge in [-0.25, -0.2) is 0 Å². The lowest BCUT2D eigenvalue weighted by Gasteiger charge is -2.26. The topological polar surface area (TPSA) is 29.5 Å². The van der Waals surface area contributed by atoms with E-state index in [9.17, 15) is 5.11 Å². The zero-order valence-electron chi connectivity index (χ0n) is 11.8. The molecule has 0 saturated heterocycles. The maximum absolute atomic E-state index is 10.8. The maximum atomic E-state index is 10.8. The summed E-state index contributed by atoms with van der Waals surface area (Å²) in [6.07, 6.45) is 0.546. The summed E-state index contributed by atoms with van der Waals surface area (Å²) in [6.45, 7) is 4.36. The Kier molecular flexibility index (Phi) is 4.84. The highest BCUT2D eigenvalue weighted by atomic mass is 79.9. The first kappa shape index (κ1) is 15.1. The van der Waals surface area contributed by atoms with Crippen molar-refractivity contribution in [3.63, 3.8) is 0 Å². The summed E-state index contributed by atoms with van der Waals surface area (Å²) in [4.78, 5) is 0. The van der Waals surface area contributed by atoms with Crippen LogP contribution in [0.3, 0.4) is 0 Å². The van der Waals surface area contributed by atoms with Gasteiger partial charge in [0, 0.05) is 16.5 Å². The van der Waals surface area contributed by atoms with E-state index in [1.807, 2.05) is 62.4 Å². The van der Waals surface area contributed by atoms with Gasteiger partial charge >= 0.3 is 0 Å². The molecule has 0 aliphatic heterocycles. The second-order valence-electron chi connectivity index (χ2n) is 5.01. The predicted molar refractivity (Wildman–Crippen MR) is 85.0 cm³/mol. The van der Waals surface area contributed by atoms with Gasteiger partial charge in [-0.05, 0) is 37.6 Å². The van der Waals surface area contributed by atoms with Crippen LogP contribution in [0, 0.1) is 0 Å². The molecule has 2 rings (SSSR count). The highest BCUT2D eigenvalue weighted by Gasteiger charge is 2.27. The number of ether oxygens (including phenoxy) is 1. The number of rotatable bonds is 5. The molecule has 2 nitrogen and oxygen atoms in total. The molecule has 2 aromatic rings. The Morgan fingerprint density at radius 2 is 1.75 bits per heavy atom. The van der Waals surface area contributed by atoms with Crippen LogP contribution < -0.4 is 4.74 Å². The van der Waals surface area contributed by atoms with Gasteiger partial charge in [0.2, 0.25) is 0 Å². The summed E-state index contributed by atoms with van der Waals surface area (Å²) in [5.74, 6) is 0.747. The van der Waals surface area contributed by atoms with Crippen molar-refractivity contribution in [3.05, 3.63) is 64.1 Å². The molecule has 0 aromatic heterocycles. The summed E-state index contributed by atoms with van der Waals surface area (Å²) in [5, 5.41) is 10.8. The molecule has 0 saturated carbocycles. The van der Waals surface area contributed by atoms with Gasteiger partial charge in [0.05, 0.1) is 12.2 Å². The first-order valence-electron chi connectivity index (χ1n) is 6.72. The molecule has 3 heteroatoms. The number of aliphatic hydroxyl groups is 1. The van der Waals surface area contributed by atoms with Crippen molar-refractivity contribution in [1.82, 2.24) is 0 Å². The standard InChI is InChI=1S/C17H19BrO2/c1-3-20-16-7-5-4-6-15(16)17(2,19)12-13-8-10-14(18)11-9-13/h4-11,19H,3,12H2,1-2H3. The van der Waals surface area contributed by atoms with Crippen LogP contribution in [0.4, 0.5) is 0 Å². The quantitative estimate of drug-likeness (QED) is 0.883. The Morgan fingerprint density at radius 3 is 2.40 bits per heavy atom. The highest BCUT2D eigenvalue weighted by Crippen LogP contribution is 2.32. The van der Waals surface area contributed by atoms with E-state index in [2.05, 4.69) is 15.9 Å². The number of para-hydroxylation sites is 1. The Morgan fingerprint density at radius 1 is 1.10 bits per heavy atom. The van der Waals surface area contributed by atoms with Crippen molar-refractivity contribution in [3.8, 4) is 5.75 Å². The van der Waals surface area contributed by atoms with Gasteiger partial charge in [-0.2, -0.15) is 0 Å². The zero-order valence-corrected chi connectivity index (χ0v) is 13.4. The lowest BCUT2D eigenvalue weighted by molar-refractivity contribution is 0.0544. The zero-order chi connectivity index (χ0) is 14.6. The molecule has 106 valence electrons. The molecule has 0 aliphatic rings. The van der Waals surface area contributed by atoms with Crippen molar-refractivity contribution >= 4 is 15.9 Å². The van der Waals surface area contributed by atoms with E-state index in [-0.39, 0.29) is 0 Å². The van der Waals surface area contributed by atoms with Crippen LogP contribution in [0.2, 0.25) is 0 Å². The van der Waals surface area contributed by atoms with E-state index in [1.165, 1.54) is 0 Å². The largest absolute Gasteiger partial charge is 0.493 e. The van der Waals surface area contributed by atoms with Crippen molar-refractivity contribution in [2.75, 3.05) is 6.61 Å². The number of hydrogen-bond acceptors (Lipinski definition) is 2. The highest BCUT2D eigenvalue weighted by molar-refractivity contribution is 9.10. The lowest BCUT2D eigenvalue weighted by Crippen LogP contribution is -2.25. The first-order chi connectivity index (χ1) is 9.53. The van der Waals surface area contributed by atoms with E-state index in [0.717, 1.165) is 21.3 Å². The number of halogens is 1. The Hall–Kier alpha value is -1.32. The van der Waals surface area contributed by atoms with Gasteiger partial charge in [0.25, 0.3) is 0 Å². The summed E-state index contributed by atoms with van der Waals surface area (Å²) in [6, 6.07) is 15.7. The fourth-order valence-electron chi connectivity index (χ4n) is 2.29. The molecule has 20 heavy (non-hydrogen) atoms. The normalized spacial score (nSPS) is 13.8. The molecular weight excluding hydrogens is 316 g/mol. The fourth-order valence-corrected chi connectivity index (χ4v) is 2.55. The van der Waals surface area contributed by atoms with Gasteiger partial charge in [-0.15, -0.1) is 0 Å². The van der Waals surface area contributed by atoms with Crippen molar-refractivity contribution in [1.29, 1.82) is 0 Å². The molecule has 0 aliphatic carbocycles. The maximum Gasteiger partial charge on any atom is 0.125 e. The van der Waals surface area contributed by atoms with Gasteiger partial charge in [-0.1, -0.05) is 46.3 Å². The summed E-state index contributed by atoms with van der Waals surface area (Å²) < 4.78 is 6.65. The second kappa shape index (κ2) is 6.42. The van der Waals surface area contributed by atoms with Crippen LogP contribution in [0.25, 0.3) is 0 Å². The molecule has 0 amide bonds. The van der Waals surface area contributed by atoms with Crippen LogP contribution >= 0.6 is 15.9 Å². The molecule has 0 bridgehead atoms. The third-order valence-corrected chi connectivity index (χ3v) is 3.76. The average Bonchev–Trinajstić information content (AvgIpc) is 2.42. The monoisotopic (exact) mass is 334 g/mol. The van der Waals surface area contributed by atoms with E-state index < -0.39 is 5.60 Å². The first-order valence-corrected chi connectivity index (χ1v) is 7.51. The smallest absolute Gasteiger partial charge is 0.125 e. The Bertz CT molecular complexity index is 561. The third kappa shape index (κ3) is 3.62. The van der Waals surface area contributed by atoms with E-state index >= 15 is 0 Å². The van der Waals surface area contributed by atoms with Gasteiger partial charge in [-0.3, -0.25) is 0 Å². The van der Waals surface area contributed by atoms with Crippen LogP contribution in [0.5, 0.6) is 5.75 Å². The van der Waals surface area contributed by atoms with E-state index in [0.29, 0.717) is 13.0 Å². The Balaban J connectivity index is 2.27.